The van der Waals surface area contributed by atoms with Gasteiger partial charge in [0.15, 0.2) is 11.5 Å². The monoisotopic (exact) mass is 704 g/mol. The topological polar surface area (TPSA) is 143 Å². The van der Waals surface area contributed by atoms with Gasteiger partial charge in [0.25, 0.3) is 10.1 Å². The zero-order valence-corrected chi connectivity index (χ0v) is 31.1. The molecular weight excluding hydrogens is 648 g/mol. The molecule has 2 heterocycles. The number of carboxylic acids is 1. The number of carboxylic acid groups (broad SMARTS) is 1. The zero-order chi connectivity index (χ0) is 36.4. The van der Waals surface area contributed by atoms with Crippen LogP contribution in [0, 0.1) is 18.3 Å². The van der Waals surface area contributed by atoms with Gasteiger partial charge in [-0.05, 0) is 67.9 Å². The van der Waals surface area contributed by atoms with Crippen LogP contribution in [0.5, 0.6) is 17.2 Å². The van der Waals surface area contributed by atoms with E-state index in [-0.39, 0.29) is 41.5 Å². The van der Waals surface area contributed by atoms with E-state index in [9.17, 15) is 23.1 Å². The number of fused-ring (bicyclic) bond motifs is 1. The number of ether oxygens (including phenoxy) is 3. The number of hydrogen-bond acceptors (Lipinski definition) is 8. The highest BCUT2D eigenvalue weighted by molar-refractivity contribution is 7.85. The zero-order valence-electron chi connectivity index (χ0n) is 30.2. The van der Waals surface area contributed by atoms with Crippen LogP contribution in [0.3, 0.4) is 0 Å². The summed E-state index contributed by atoms with van der Waals surface area (Å²) in [6, 6.07) is 9.50. The number of rotatable bonds is 16. The third kappa shape index (κ3) is 11.1. The van der Waals surface area contributed by atoms with Crippen LogP contribution in [0.1, 0.15) is 96.6 Å². The number of methoxy groups -OCH3 is 1. The van der Waals surface area contributed by atoms with Crippen molar-refractivity contribution in [1.82, 2.24) is 9.80 Å². The maximum Gasteiger partial charge on any atom is 0.308 e. The van der Waals surface area contributed by atoms with Crippen molar-refractivity contribution in [2.45, 2.75) is 103 Å². The summed E-state index contributed by atoms with van der Waals surface area (Å²) < 4.78 is 46.3. The molecule has 2 aliphatic heterocycles. The Bertz CT molecular complexity index is 1490. The van der Waals surface area contributed by atoms with Crippen LogP contribution in [0.15, 0.2) is 41.3 Å². The Morgan fingerprint density at radius 2 is 1.65 bits per heavy atom. The molecule has 274 valence electrons. The Balaban J connectivity index is 0.000000501. The summed E-state index contributed by atoms with van der Waals surface area (Å²) in [6.07, 6.45) is 6.75. The quantitative estimate of drug-likeness (QED) is 0.180. The van der Waals surface area contributed by atoms with E-state index < -0.39 is 22.0 Å². The van der Waals surface area contributed by atoms with Crippen LogP contribution >= 0.6 is 0 Å². The van der Waals surface area contributed by atoms with Gasteiger partial charge in [-0.2, -0.15) is 8.42 Å². The van der Waals surface area contributed by atoms with Crippen molar-refractivity contribution in [2.24, 2.45) is 11.3 Å². The molecule has 4 rings (SSSR count). The van der Waals surface area contributed by atoms with E-state index in [1.807, 2.05) is 24.0 Å². The molecule has 0 bridgehead atoms. The lowest BCUT2D eigenvalue weighted by atomic mass is 9.76. The van der Waals surface area contributed by atoms with Gasteiger partial charge >= 0.3 is 5.97 Å². The summed E-state index contributed by atoms with van der Waals surface area (Å²) in [5, 5.41) is 10.5. The predicted octanol–water partition coefficient (Wildman–Crippen LogP) is 6.78. The highest BCUT2D eigenvalue weighted by Crippen LogP contribution is 2.48. The van der Waals surface area contributed by atoms with Crippen molar-refractivity contribution < 1.29 is 41.9 Å². The Morgan fingerprint density at radius 3 is 2.18 bits per heavy atom. The van der Waals surface area contributed by atoms with E-state index in [1.165, 1.54) is 12.1 Å². The van der Waals surface area contributed by atoms with Gasteiger partial charge in [0.1, 0.15) is 0 Å². The van der Waals surface area contributed by atoms with E-state index in [0.717, 1.165) is 62.7 Å². The fraction of sp³-hybridized carbons (Fsp3) is 0.622. The minimum atomic E-state index is -4.02. The van der Waals surface area contributed by atoms with Crippen molar-refractivity contribution in [3.8, 4) is 17.2 Å². The normalized spacial score (nSPS) is 18.9. The average molecular weight is 705 g/mol. The number of carbonyl (C=O) groups is 2. The number of nitrogens with zero attached hydrogens (tertiary/aromatic N) is 2. The lowest BCUT2D eigenvalue weighted by Gasteiger charge is -2.35. The largest absolute Gasteiger partial charge is 0.493 e. The lowest BCUT2D eigenvalue weighted by molar-refractivity contribution is -0.144. The average Bonchev–Trinajstić information content (AvgIpc) is 3.65. The Morgan fingerprint density at radius 1 is 1.02 bits per heavy atom. The van der Waals surface area contributed by atoms with Crippen LogP contribution in [0.25, 0.3) is 0 Å². The van der Waals surface area contributed by atoms with Crippen LogP contribution < -0.4 is 14.2 Å². The summed E-state index contributed by atoms with van der Waals surface area (Å²) in [5.74, 6) is -0.00940. The fourth-order valence-corrected chi connectivity index (χ4v) is 7.32. The van der Waals surface area contributed by atoms with Crippen molar-refractivity contribution in [2.75, 3.05) is 40.1 Å². The van der Waals surface area contributed by atoms with Gasteiger partial charge in [-0.3, -0.25) is 19.0 Å². The minimum Gasteiger partial charge on any atom is -0.493 e. The van der Waals surface area contributed by atoms with Gasteiger partial charge in [0.05, 0.1) is 24.5 Å². The summed E-state index contributed by atoms with van der Waals surface area (Å²) >= 11 is 0. The first kappa shape index (κ1) is 40.1. The molecule has 3 atom stereocenters. The number of hydrogen-bond donors (Lipinski definition) is 2. The molecule has 12 heteroatoms. The molecule has 2 aliphatic rings. The predicted molar refractivity (Wildman–Crippen MR) is 189 cm³/mol. The smallest absolute Gasteiger partial charge is 0.308 e. The maximum atomic E-state index is 13.6. The SMILES string of the molecule is CCCCN(CCCC)C(=O)CN1C[C@H](c2cc(OC)c3c(c2)OCO3)[C@@H](C(=O)O)[C@@H]1CC(C)(C)CCC.Cc1ccc(S(=O)(=O)O)cc1. The number of carbonyl (C=O) groups excluding carboxylic acids is 1. The van der Waals surface area contributed by atoms with E-state index in [0.29, 0.717) is 30.2 Å². The van der Waals surface area contributed by atoms with E-state index in [4.69, 9.17) is 18.8 Å². The summed E-state index contributed by atoms with van der Waals surface area (Å²) in [5.41, 5.74) is 1.76. The Labute approximate surface area is 292 Å². The molecule has 1 saturated heterocycles. The number of benzene rings is 2. The molecule has 1 fully saturated rings. The third-order valence-electron chi connectivity index (χ3n) is 9.40. The summed E-state index contributed by atoms with van der Waals surface area (Å²) in [7, 11) is -2.44. The molecule has 0 unspecified atom stereocenters. The summed E-state index contributed by atoms with van der Waals surface area (Å²) in [6.45, 7) is 15.0. The second-order valence-corrected chi connectivity index (χ2v) is 15.3. The molecule has 11 nitrogen and oxygen atoms in total. The van der Waals surface area contributed by atoms with E-state index in [1.54, 1.807) is 19.2 Å². The molecule has 1 amide bonds. The first-order valence-corrected chi connectivity index (χ1v) is 18.9. The molecular formula is C37H56N2O9S. The van der Waals surface area contributed by atoms with Crippen molar-refractivity contribution in [3.63, 3.8) is 0 Å². The molecule has 0 saturated carbocycles. The first-order chi connectivity index (χ1) is 23.1. The summed E-state index contributed by atoms with van der Waals surface area (Å²) in [4.78, 5) is 30.5. The lowest BCUT2D eigenvalue weighted by Crippen LogP contribution is -2.46. The van der Waals surface area contributed by atoms with Gasteiger partial charge in [-0.25, -0.2) is 0 Å². The number of aryl methyl sites for hydroxylation is 1. The van der Waals surface area contributed by atoms with E-state index in [2.05, 4.69) is 39.5 Å². The first-order valence-electron chi connectivity index (χ1n) is 17.4. The van der Waals surface area contributed by atoms with Crippen molar-refractivity contribution in [3.05, 3.63) is 47.5 Å². The Kier molecular flexibility index (Phi) is 14.8. The Hall–Kier alpha value is -3.35. The van der Waals surface area contributed by atoms with Crippen LogP contribution in [-0.2, 0) is 19.7 Å². The molecule has 2 aromatic rings. The number of unbranched alkanes of at least 4 members (excludes halogenated alkanes) is 2. The van der Waals surface area contributed by atoms with Gasteiger partial charge < -0.3 is 24.2 Å². The van der Waals surface area contributed by atoms with E-state index >= 15 is 0 Å². The number of aliphatic carboxylic acids is 1. The van der Waals surface area contributed by atoms with Crippen LogP contribution in [-0.4, -0.2) is 85.9 Å². The van der Waals surface area contributed by atoms with Gasteiger partial charge in [0.2, 0.25) is 18.4 Å². The molecule has 0 spiro atoms. The van der Waals surface area contributed by atoms with Crippen molar-refractivity contribution in [1.29, 1.82) is 0 Å². The third-order valence-corrected chi connectivity index (χ3v) is 10.3. The maximum absolute atomic E-state index is 13.6. The highest BCUT2D eigenvalue weighted by atomic mass is 32.2. The van der Waals surface area contributed by atoms with Crippen molar-refractivity contribution >= 4 is 22.0 Å². The molecule has 0 radical (unpaired) electrons. The van der Waals surface area contributed by atoms with Gasteiger partial charge in [0, 0.05) is 31.6 Å². The second-order valence-electron chi connectivity index (χ2n) is 13.9. The van der Waals surface area contributed by atoms with Gasteiger partial charge in [-0.15, -0.1) is 0 Å². The highest BCUT2D eigenvalue weighted by Gasteiger charge is 2.49. The van der Waals surface area contributed by atoms with Crippen LogP contribution in [0.2, 0.25) is 0 Å². The van der Waals surface area contributed by atoms with Gasteiger partial charge in [-0.1, -0.05) is 71.6 Å². The molecule has 49 heavy (non-hydrogen) atoms. The molecule has 0 aromatic heterocycles. The van der Waals surface area contributed by atoms with Crippen LogP contribution in [0.4, 0.5) is 0 Å². The molecule has 0 aliphatic carbocycles. The molecule has 2 aromatic carbocycles. The second kappa shape index (κ2) is 18.1. The number of amides is 1. The number of likely N-dealkylation sites (tertiary alicyclic amines) is 1. The molecule has 2 N–H and O–H groups in total. The standard InChI is InChI=1S/C30H48N2O6.C7H8O3S/c1-7-10-13-31(14-11-8-2)26(33)19-32-18-22(21-15-24(36-6)28-25(16-21)37-20-38-28)27(29(34)35)23(32)17-30(4,5)12-9-3;1-6-2-4-7(5-3-6)11(8,9)10/h15-16,22-23,27H,7-14,17-20H2,1-6H3,(H,34,35);2-5H,1H3,(H,8,9,10)/t22-,23+,27-;/m1./s1. The minimum absolute atomic E-state index is 0.0417. The fourth-order valence-electron chi connectivity index (χ4n) is 6.84.